The summed E-state index contributed by atoms with van der Waals surface area (Å²) < 4.78 is 59.5. The van der Waals surface area contributed by atoms with Gasteiger partial charge in [0.2, 0.25) is 6.41 Å². The molecule has 2 bridgehead atoms. The van der Waals surface area contributed by atoms with Crippen LogP contribution in [0.2, 0.25) is 0 Å². The van der Waals surface area contributed by atoms with E-state index >= 15 is 0 Å². The topological polar surface area (TPSA) is 208 Å². The number of ether oxygens (including phenoxy) is 10. The number of amides is 1. The first kappa shape index (κ1) is 61.7. The molecule has 17 heteroatoms. The molecule has 1 fully saturated rings. The largest absolute Gasteiger partial charge is 0.458 e. The second-order valence-electron chi connectivity index (χ2n) is 19.9. The zero-order chi connectivity index (χ0) is 53.2. The number of aliphatic hydroxyl groups excluding tert-OH is 2. The molecule has 3 heterocycles. The van der Waals surface area contributed by atoms with Crippen molar-refractivity contribution in [2.45, 2.75) is 166 Å². The first-order valence-corrected chi connectivity index (χ1v) is 24.9. The van der Waals surface area contributed by atoms with Crippen molar-refractivity contribution in [3.63, 3.8) is 0 Å². The second-order valence-corrected chi connectivity index (χ2v) is 19.9. The fourth-order valence-corrected chi connectivity index (χ4v) is 9.98. The number of hydrogen-bond acceptors (Lipinski definition) is 16. The summed E-state index contributed by atoms with van der Waals surface area (Å²) in [5.74, 6) is -3.24. The zero-order valence-corrected chi connectivity index (χ0v) is 45.0. The first-order chi connectivity index (χ1) is 33.7. The molecule has 0 aromatic rings. The number of ketones is 1. The lowest BCUT2D eigenvalue weighted by atomic mass is 9.81. The van der Waals surface area contributed by atoms with Crippen molar-refractivity contribution < 1.29 is 76.8 Å². The Bertz CT molecular complexity index is 1820. The standard InChI is InChI=1S/C54H87NO16/c1-32-18-21-39(63-10)28-44(65-12)36(5)52-49(61)40(29-48(60)70-52)53(68-15)45(66-13)30-54(7)46(71-54)24-25-47(59)69-51(34(3)19-22-38(62-9)27-42(32)58)37(6)50(67-14)33(2)20-23-41(57)35(4)43(64-11)17-16-26-55(8)31-56/h16,18-19,21-22,24-26,29,31-39,42-46,49-53,58,61H,17,20,23,27-28,30H2,1-15H3/b21-18+,22-19+,25-24-,26-16+/t32?,33?,34?,35?,36?,37?,38?,39?,42?,43?,44?,45?,46?,49-,50?,51?,52-,53?,54?/m0/s1. The minimum absolute atomic E-state index is 0.0401. The van der Waals surface area contributed by atoms with Gasteiger partial charge in [0, 0.05) is 136 Å². The van der Waals surface area contributed by atoms with Gasteiger partial charge in [-0.3, -0.25) is 9.59 Å². The summed E-state index contributed by atoms with van der Waals surface area (Å²) in [6.45, 7) is 13.4. The summed E-state index contributed by atoms with van der Waals surface area (Å²) in [5.41, 5.74) is -0.504. The molecule has 3 aliphatic rings. The summed E-state index contributed by atoms with van der Waals surface area (Å²) in [6.07, 6.45) is 10.0. The minimum atomic E-state index is -1.26. The first-order valence-electron chi connectivity index (χ1n) is 24.9. The molecule has 0 aliphatic carbocycles. The number of rotatable bonds is 19. The van der Waals surface area contributed by atoms with Crippen LogP contribution in [0.25, 0.3) is 0 Å². The molecule has 1 amide bonds. The van der Waals surface area contributed by atoms with E-state index < -0.39 is 96.5 Å². The SMILES string of the molecule is COC1/C=C/C(C)C(C(C)C(OC)C(C)CCC(=O)C(C)C(C/C=C/N(C)C=O)OC)OC(=O)/C=C\C2OC2(C)CC(OC)C(OC)C2=CC(=O)O[C@@H](C(C)C(OC)CC(OC)/C=C/C(C)C(O)C1)[C@H]2O. The molecular formula is C54H87NO16. The molecule has 2 N–H and O–H groups in total. The van der Waals surface area contributed by atoms with Crippen molar-refractivity contribution in [1.29, 1.82) is 0 Å². The number of fused-ring (bicyclic) bond motifs is 3. The molecule has 0 aromatic carbocycles. The Balaban J connectivity index is 1.98. The van der Waals surface area contributed by atoms with Crippen LogP contribution < -0.4 is 0 Å². The monoisotopic (exact) mass is 1010 g/mol. The van der Waals surface area contributed by atoms with Gasteiger partial charge in [0.15, 0.2) is 0 Å². The van der Waals surface area contributed by atoms with Crippen LogP contribution in [-0.4, -0.2) is 175 Å². The lowest BCUT2D eigenvalue weighted by Gasteiger charge is -2.39. The van der Waals surface area contributed by atoms with E-state index in [1.165, 1.54) is 31.3 Å². The lowest BCUT2D eigenvalue weighted by Crippen LogP contribution is -2.50. The lowest BCUT2D eigenvalue weighted by molar-refractivity contribution is -0.162. The van der Waals surface area contributed by atoms with E-state index in [4.69, 9.17) is 47.4 Å². The molecule has 0 spiro atoms. The van der Waals surface area contributed by atoms with Crippen molar-refractivity contribution in [2.24, 2.45) is 35.5 Å². The normalized spacial score (nSPS) is 36.1. The highest BCUT2D eigenvalue weighted by Crippen LogP contribution is 2.44. The highest BCUT2D eigenvalue weighted by atomic mass is 16.6. The number of methoxy groups -OCH3 is 7. The molecule has 17 nitrogen and oxygen atoms in total. The van der Waals surface area contributed by atoms with Crippen LogP contribution in [0.15, 0.2) is 60.4 Å². The summed E-state index contributed by atoms with van der Waals surface area (Å²) in [5, 5.41) is 23.3. The zero-order valence-electron chi connectivity index (χ0n) is 45.0. The number of esters is 2. The molecule has 19 atom stereocenters. The molecule has 404 valence electrons. The van der Waals surface area contributed by atoms with Crippen molar-refractivity contribution in [3.8, 4) is 0 Å². The van der Waals surface area contributed by atoms with Gasteiger partial charge < -0.3 is 62.5 Å². The maximum absolute atomic E-state index is 13.9. The summed E-state index contributed by atoms with van der Waals surface area (Å²) >= 11 is 0. The van der Waals surface area contributed by atoms with Crippen molar-refractivity contribution in [1.82, 2.24) is 4.90 Å². The van der Waals surface area contributed by atoms with Crippen LogP contribution in [0.5, 0.6) is 0 Å². The Morgan fingerprint density at radius 2 is 1.46 bits per heavy atom. The predicted octanol–water partition coefficient (Wildman–Crippen LogP) is 5.74. The Kier molecular flexibility index (Phi) is 26.0. The molecule has 0 saturated carbocycles. The predicted molar refractivity (Wildman–Crippen MR) is 267 cm³/mol. The van der Waals surface area contributed by atoms with Gasteiger partial charge in [-0.15, -0.1) is 0 Å². The third-order valence-electron chi connectivity index (χ3n) is 14.9. The van der Waals surface area contributed by atoms with Gasteiger partial charge in [0.05, 0.1) is 48.3 Å². The summed E-state index contributed by atoms with van der Waals surface area (Å²) in [4.78, 5) is 52.9. The van der Waals surface area contributed by atoms with E-state index in [-0.39, 0.29) is 54.8 Å². The Morgan fingerprint density at radius 3 is 2.04 bits per heavy atom. The van der Waals surface area contributed by atoms with Crippen LogP contribution >= 0.6 is 0 Å². The molecule has 17 unspecified atom stereocenters. The average molecular weight is 1010 g/mol. The molecule has 71 heavy (non-hydrogen) atoms. The van der Waals surface area contributed by atoms with Gasteiger partial charge >= 0.3 is 11.9 Å². The Labute approximate surface area is 423 Å². The van der Waals surface area contributed by atoms with E-state index in [1.54, 1.807) is 60.9 Å². The number of carbonyl (C=O) groups excluding carboxylic acids is 4. The van der Waals surface area contributed by atoms with Gasteiger partial charge in [0.1, 0.15) is 36.3 Å². The van der Waals surface area contributed by atoms with Gasteiger partial charge in [-0.25, -0.2) is 9.59 Å². The molecule has 3 rings (SSSR count). The summed E-state index contributed by atoms with van der Waals surface area (Å²) in [6, 6.07) is 0. The van der Waals surface area contributed by atoms with E-state index in [9.17, 15) is 29.4 Å². The summed E-state index contributed by atoms with van der Waals surface area (Å²) in [7, 11) is 12.5. The van der Waals surface area contributed by atoms with E-state index in [1.807, 2.05) is 72.8 Å². The fraction of sp³-hybridized carbons (Fsp3) is 0.741. The number of cyclic esters (lactones) is 1. The maximum Gasteiger partial charge on any atom is 0.331 e. The van der Waals surface area contributed by atoms with Crippen molar-refractivity contribution in [2.75, 3.05) is 56.8 Å². The van der Waals surface area contributed by atoms with E-state index in [0.29, 0.717) is 31.2 Å². The van der Waals surface area contributed by atoms with Crippen LogP contribution in [0.1, 0.15) is 87.0 Å². The number of Topliss-reactive ketones (excluding diaryl/α,β-unsaturated/α-hetero) is 1. The Morgan fingerprint density at radius 1 is 0.831 bits per heavy atom. The second kappa shape index (κ2) is 29.9. The number of aliphatic hydroxyl groups is 2. The van der Waals surface area contributed by atoms with Gasteiger partial charge in [0.25, 0.3) is 0 Å². The Hall–Kier alpha value is -3.62. The van der Waals surface area contributed by atoms with Gasteiger partial charge in [-0.05, 0) is 31.8 Å². The molecular weight excluding hydrogens is 919 g/mol. The number of hydrogen-bond donors (Lipinski definition) is 2. The van der Waals surface area contributed by atoms with Crippen molar-refractivity contribution in [3.05, 3.63) is 60.4 Å². The average Bonchev–Trinajstić information content (AvgIpc) is 4.01. The number of nitrogens with zero attached hydrogens (tertiary/aromatic N) is 1. The van der Waals surface area contributed by atoms with Gasteiger partial charge in [-0.2, -0.15) is 0 Å². The third kappa shape index (κ3) is 17.8. The fourth-order valence-electron chi connectivity index (χ4n) is 9.98. The maximum atomic E-state index is 13.9. The van der Waals surface area contributed by atoms with Gasteiger partial charge in [-0.1, -0.05) is 71.9 Å². The number of carbonyl (C=O) groups is 4. The minimum Gasteiger partial charge on any atom is -0.458 e. The van der Waals surface area contributed by atoms with Crippen LogP contribution in [0.4, 0.5) is 0 Å². The van der Waals surface area contributed by atoms with Crippen LogP contribution in [0.3, 0.4) is 0 Å². The van der Waals surface area contributed by atoms with E-state index in [0.717, 1.165) is 0 Å². The number of epoxide rings is 1. The van der Waals surface area contributed by atoms with Crippen molar-refractivity contribution >= 4 is 24.1 Å². The van der Waals surface area contributed by atoms with Crippen LogP contribution in [-0.2, 0) is 66.5 Å². The highest BCUT2D eigenvalue weighted by molar-refractivity contribution is 5.84. The van der Waals surface area contributed by atoms with Crippen LogP contribution in [0, 0.1) is 35.5 Å². The highest BCUT2D eigenvalue weighted by Gasteiger charge is 2.54. The quantitative estimate of drug-likeness (QED) is 0.0684. The van der Waals surface area contributed by atoms with E-state index in [2.05, 4.69) is 0 Å². The smallest absolute Gasteiger partial charge is 0.331 e. The molecule has 0 aromatic heterocycles. The third-order valence-corrected chi connectivity index (χ3v) is 14.9. The molecule has 0 radical (unpaired) electrons. The molecule has 3 aliphatic heterocycles. The molecule has 1 saturated heterocycles.